The number of nitrogens with zero attached hydrogens (tertiary/aromatic N) is 5. The molecule has 0 radical (unpaired) electrons. The number of likely N-dealkylation sites (tertiary alicyclic amines) is 1. The van der Waals surface area contributed by atoms with E-state index in [1.54, 1.807) is 28.9 Å². The largest absolute Gasteiger partial charge is 0.454 e. The Kier molecular flexibility index (Phi) is 10.8. The van der Waals surface area contributed by atoms with Gasteiger partial charge in [0.2, 0.25) is 23.6 Å². The summed E-state index contributed by atoms with van der Waals surface area (Å²) in [5, 5.41) is 17.2. The number of imide groups is 1. The molecule has 3 aromatic heterocycles. The van der Waals surface area contributed by atoms with Crippen LogP contribution in [0.15, 0.2) is 95.5 Å². The van der Waals surface area contributed by atoms with E-state index in [1.807, 2.05) is 71.6 Å². The van der Waals surface area contributed by atoms with Crippen molar-refractivity contribution in [2.75, 3.05) is 31.5 Å². The monoisotopic (exact) mass is 821 g/mol. The molecule has 4 N–H and O–H groups in total. The number of anilines is 1. The van der Waals surface area contributed by atoms with E-state index in [2.05, 4.69) is 26.3 Å². The number of aromatic nitrogens is 3. The average molecular weight is 822 g/mol. The number of amides is 6. The molecule has 1 unspecified atom stereocenters. The van der Waals surface area contributed by atoms with Crippen LogP contribution in [0.2, 0.25) is 0 Å². The van der Waals surface area contributed by atoms with E-state index in [4.69, 9.17) is 9.52 Å². The molecular formula is C45H43N9O7. The molecular weight excluding hydrogens is 779 g/mol. The maximum absolute atomic E-state index is 13.6. The highest BCUT2D eigenvalue weighted by Crippen LogP contribution is 2.33. The first-order valence-corrected chi connectivity index (χ1v) is 20.5. The van der Waals surface area contributed by atoms with E-state index < -0.39 is 11.9 Å². The number of rotatable bonds is 12. The summed E-state index contributed by atoms with van der Waals surface area (Å²) in [5.41, 5.74) is 5.89. The zero-order valence-electron chi connectivity index (χ0n) is 33.2. The van der Waals surface area contributed by atoms with Gasteiger partial charge in [-0.2, -0.15) is 5.10 Å². The molecule has 16 heteroatoms. The second-order valence-corrected chi connectivity index (χ2v) is 15.6. The van der Waals surface area contributed by atoms with E-state index in [-0.39, 0.29) is 67.9 Å². The lowest BCUT2D eigenvalue weighted by molar-refractivity contribution is -0.137. The Hall–Kier alpha value is -7.20. The number of hydrogen-bond donors (Lipinski definition) is 4. The number of hydrogen-bond acceptors (Lipinski definition) is 10. The molecule has 0 aliphatic carbocycles. The van der Waals surface area contributed by atoms with Gasteiger partial charge in [0.1, 0.15) is 17.3 Å². The first-order valence-electron chi connectivity index (χ1n) is 20.5. The first-order chi connectivity index (χ1) is 29.7. The van der Waals surface area contributed by atoms with Crippen molar-refractivity contribution in [1.29, 1.82) is 0 Å². The molecule has 6 aromatic rings. The Bertz CT molecular complexity index is 2670. The van der Waals surface area contributed by atoms with Crippen molar-refractivity contribution in [2.24, 2.45) is 0 Å². The van der Waals surface area contributed by atoms with Gasteiger partial charge < -0.3 is 30.2 Å². The molecule has 9 rings (SSSR count). The number of imidazole rings is 1. The highest BCUT2D eigenvalue weighted by atomic mass is 16.3. The van der Waals surface area contributed by atoms with Gasteiger partial charge in [-0.1, -0.05) is 36.4 Å². The van der Waals surface area contributed by atoms with Gasteiger partial charge in [0, 0.05) is 78.4 Å². The third-order valence-corrected chi connectivity index (χ3v) is 11.5. The van der Waals surface area contributed by atoms with E-state index >= 15 is 0 Å². The second kappa shape index (κ2) is 16.8. The highest BCUT2D eigenvalue weighted by Gasteiger charge is 2.40. The van der Waals surface area contributed by atoms with Gasteiger partial charge in [0.05, 0.1) is 18.4 Å². The summed E-state index contributed by atoms with van der Waals surface area (Å²) in [6, 6.07) is 25.3. The number of furan rings is 1. The van der Waals surface area contributed by atoms with E-state index in [0.717, 1.165) is 40.8 Å². The number of carbonyl (C=O) groups excluding carboxylic acids is 6. The molecule has 6 heterocycles. The summed E-state index contributed by atoms with van der Waals surface area (Å²) in [6.07, 6.45) is 4.32. The molecule has 3 aliphatic rings. The Morgan fingerprint density at radius 2 is 1.77 bits per heavy atom. The van der Waals surface area contributed by atoms with Crippen molar-refractivity contribution >= 4 is 57.7 Å². The maximum Gasteiger partial charge on any atom is 0.255 e. The van der Waals surface area contributed by atoms with Crippen molar-refractivity contribution in [1.82, 2.24) is 40.3 Å². The summed E-state index contributed by atoms with van der Waals surface area (Å²) in [4.78, 5) is 84.0. The highest BCUT2D eigenvalue weighted by molar-refractivity contribution is 6.07. The molecule has 61 heavy (non-hydrogen) atoms. The van der Waals surface area contributed by atoms with Crippen LogP contribution in [0.4, 0.5) is 5.69 Å². The summed E-state index contributed by atoms with van der Waals surface area (Å²) >= 11 is 0. The summed E-state index contributed by atoms with van der Waals surface area (Å²) in [7, 11) is 0. The van der Waals surface area contributed by atoms with Crippen molar-refractivity contribution in [2.45, 2.75) is 57.2 Å². The maximum atomic E-state index is 13.6. The topological polar surface area (TPSA) is 200 Å². The number of carbonyl (C=O) groups is 6. The SMILES string of the molecule is O=C(CN[C@H]1CCCN(C(=O)c2ccc(-c3ccc4ncc(-c5cc6ccccc6o5)n4n3)cc2)C1)NCCCC(=O)Nc1cccc2c1CN(C1CCC(=O)NC1=O)C2=O. The average Bonchev–Trinajstić information content (AvgIpc) is 4.00. The predicted octanol–water partition coefficient (Wildman–Crippen LogP) is 4.30. The van der Waals surface area contributed by atoms with Gasteiger partial charge in [-0.05, 0) is 74.2 Å². The summed E-state index contributed by atoms with van der Waals surface area (Å²) in [5.74, 6) is -1.05. The fourth-order valence-corrected chi connectivity index (χ4v) is 8.29. The zero-order chi connectivity index (χ0) is 42.0. The third-order valence-electron chi connectivity index (χ3n) is 11.5. The number of piperidine rings is 2. The van der Waals surface area contributed by atoms with Gasteiger partial charge >= 0.3 is 0 Å². The van der Waals surface area contributed by atoms with Crippen LogP contribution in [-0.2, 0) is 25.7 Å². The summed E-state index contributed by atoms with van der Waals surface area (Å²) in [6.45, 7) is 1.61. The Balaban J connectivity index is 0.721. The molecule has 0 spiro atoms. The summed E-state index contributed by atoms with van der Waals surface area (Å²) < 4.78 is 7.83. The van der Waals surface area contributed by atoms with Gasteiger partial charge in [0.15, 0.2) is 11.4 Å². The van der Waals surface area contributed by atoms with E-state index in [0.29, 0.717) is 59.8 Å². The number of para-hydroxylation sites is 1. The van der Waals surface area contributed by atoms with E-state index in [9.17, 15) is 28.8 Å². The van der Waals surface area contributed by atoms with Crippen molar-refractivity contribution in [3.63, 3.8) is 0 Å². The molecule has 2 fully saturated rings. The fraction of sp³-hybridized carbons (Fsp3) is 0.289. The van der Waals surface area contributed by atoms with Crippen LogP contribution in [0.1, 0.15) is 64.8 Å². The molecule has 2 saturated heterocycles. The second-order valence-electron chi connectivity index (χ2n) is 15.6. The minimum atomic E-state index is -0.747. The number of nitrogens with one attached hydrogen (secondary N) is 4. The van der Waals surface area contributed by atoms with Crippen LogP contribution in [0.3, 0.4) is 0 Å². The smallest absolute Gasteiger partial charge is 0.255 e. The molecule has 2 atom stereocenters. The molecule has 310 valence electrons. The van der Waals surface area contributed by atoms with Crippen LogP contribution >= 0.6 is 0 Å². The molecule has 0 bridgehead atoms. The third kappa shape index (κ3) is 8.21. The normalized spacial score (nSPS) is 17.7. The Labute approximate surface area is 349 Å². The Morgan fingerprint density at radius 1 is 0.918 bits per heavy atom. The number of fused-ring (bicyclic) bond motifs is 3. The molecule has 3 aliphatic heterocycles. The van der Waals surface area contributed by atoms with Crippen molar-refractivity contribution in [3.8, 4) is 22.7 Å². The van der Waals surface area contributed by atoms with Crippen molar-refractivity contribution < 1.29 is 33.2 Å². The molecule has 6 amide bonds. The standard InChI is InChI=1S/C45H43N9O7/c55-40(49-34-9-3-8-31-32(34)26-53(45(31)60)35-17-19-41(56)50-43(35)58)11-4-20-46-42(57)24-47-30-7-5-21-52(25-30)44(59)28-14-12-27(13-15-28)33-16-18-39-48-23-36(54(39)51-33)38-22-29-6-1-2-10-37(29)61-38/h1-3,6,8-10,12-16,18,22-23,30,35,47H,4-5,7,11,17,19-21,24-26H2,(H,46,57)(H,49,55)(H,50,56,58)/t30-,35?/m0/s1. The van der Waals surface area contributed by atoms with Gasteiger partial charge in [0.25, 0.3) is 11.8 Å². The Morgan fingerprint density at radius 3 is 2.61 bits per heavy atom. The van der Waals surface area contributed by atoms with Crippen LogP contribution in [-0.4, -0.2) is 98.1 Å². The first kappa shape index (κ1) is 39.3. The van der Waals surface area contributed by atoms with E-state index in [1.165, 1.54) is 4.90 Å². The minimum absolute atomic E-state index is 0.0500. The fourth-order valence-electron chi connectivity index (χ4n) is 8.29. The van der Waals surface area contributed by atoms with Crippen LogP contribution in [0.5, 0.6) is 0 Å². The zero-order valence-corrected chi connectivity index (χ0v) is 33.2. The van der Waals surface area contributed by atoms with Crippen LogP contribution in [0.25, 0.3) is 39.3 Å². The number of benzene rings is 3. The van der Waals surface area contributed by atoms with Gasteiger partial charge in [-0.25, -0.2) is 9.50 Å². The molecule has 3 aromatic carbocycles. The predicted molar refractivity (Wildman–Crippen MR) is 224 cm³/mol. The van der Waals surface area contributed by atoms with Gasteiger partial charge in [-0.15, -0.1) is 0 Å². The molecule has 0 saturated carbocycles. The van der Waals surface area contributed by atoms with Crippen molar-refractivity contribution in [3.05, 3.63) is 108 Å². The van der Waals surface area contributed by atoms with Crippen LogP contribution in [0, 0.1) is 0 Å². The lowest BCUT2D eigenvalue weighted by Crippen LogP contribution is -2.52. The quantitative estimate of drug-likeness (QED) is 0.102. The lowest BCUT2D eigenvalue weighted by Gasteiger charge is -2.33. The lowest BCUT2D eigenvalue weighted by atomic mass is 10.0. The minimum Gasteiger partial charge on any atom is -0.454 e. The van der Waals surface area contributed by atoms with Gasteiger partial charge in [-0.3, -0.25) is 34.1 Å². The van der Waals surface area contributed by atoms with Crippen LogP contribution < -0.4 is 21.3 Å². The molecule has 16 nitrogen and oxygen atoms in total.